The summed E-state index contributed by atoms with van der Waals surface area (Å²) < 4.78 is 32.2. The van der Waals surface area contributed by atoms with Crippen molar-refractivity contribution >= 4 is 15.9 Å². The molecule has 128 valence electrons. The van der Waals surface area contributed by atoms with Gasteiger partial charge in [0.1, 0.15) is 10.7 Å². The van der Waals surface area contributed by atoms with Gasteiger partial charge in [-0.05, 0) is 33.9 Å². The number of carbonyl (C=O) groups is 1. The number of hydrogen-bond acceptors (Lipinski definition) is 5. The molecule has 0 bridgehead atoms. The Bertz CT molecular complexity index is 698. The molecule has 2 fully saturated rings. The van der Waals surface area contributed by atoms with Gasteiger partial charge >= 0.3 is 0 Å². The van der Waals surface area contributed by atoms with Gasteiger partial charge in [0.05, 0.1) is 0 Å². The summed E-state index contributed by atoms with van der Waals surface area (Å²) in [5.74, 6) is 0.150. The van der Waals surface area contributed by atoms with E-state index in [4.69, 9.17) is 4.42 Å². The third-order valence-corrected chi connectivity index (χ3v) is 6.65. The number of rotatable bonds is 4. The maximum Gasteiger partial charge on any atom is 0.289 e. The molecule has 0 saturated carbocycles. The van der Waals surface area contributed by atoms with Gasteiger partial charge in [0.2, 0.25) is 10.0 Å². The highest BCUT2D eigenvalue weighted by Crippen LogP contribution is 2.27. The summed E-state index contributed by atoms with van der Waals surface area (Å²) in [6, 6.07) is 1.73. The normalized spacial score (nSPS) is 20.3. The monoisotopic (exact) mass is 341 g/mol. The Labute approximate surface area is 136 Å². The van der Waals surface area contributed by atoms with Crippen molar-refractivity contribution in [2.45, 2.75) is 30.7 Å². The molecule has 0 spiro atoms. The predicted octanol–water partition coefficient (Wildman–Crippen LogP) is 0.759. The molecule has 0 unspecified atom stereocenters. The van der Waals surface area contributed by atoms with Crippen LogP contribution in [0.15, 0.2) is 15.4 Å². The Kier molecular flexibility index (Phi) is 4.24. The molecule has 2 aliphatic heterocycles. The molecule has 0 aliphatic carbocycles. The lowest BCUT2D eigenvalue weighted by molar-refractivity contribution is 0.0369. The van der Waals surface area contributed by atoms with E-state index in [1.54, 1.807) is 11.8 Å². The van der Waals surface area contributed by atoms with Crippen molar-refractivity contribution < 1.29 is 17.6 Å². The van der Waals surface area contributed by atoms with Gasteiger partial charge in [-0.3, -0.25) is 4.79 Å². The third-order valence-electron chi connectivity index (χ3n) is 4.65. The summed E-state index contributed by atoms with van der Waals surface area (Å²) >= 11 is 0. The molecular formula is C15H23N3O4S. The van der Waals surface area contributed by atoms with E-state index in [1.807, 2.05) is 14.1 Å². The van der Waals surface area contributed by atoms with E-state index in [2.05, 4.69) is 4.90 Å². The summed E-state index contributed by atoms with van der Waals surface area (Å²) in [5.41, 5.74) is 0. The van der Waals surface area contributed by atoms with Crippen LogP contribution in [0.2, 0.25) is 0 Å². The van der Waals surface area contributed by atoms with Crippen LogP contribution in [0.1, 0.15) is 29.2 Å². The molecule has 0 aromatic carbocycles. The molecule has 2 aliphatic rings. The quantitative estimate of drug-likeness (QED) is 0.808. The zero-order chi connectivity index (χ0) is 16.8. The van der Waals surface area contributed by atoms with E-state index in [-0.39, 0.29) is 22.3 Å². The molecule has 1 amide bonds. The van der Waals surface area contributed by atoms with Crippen LogP contribution in [0.5, 0.6) is 0 Å². The highest BCUT2D eigenvalue weighted by atomic mass is 32.2. The van der Waals surface area contributed by atoms with Crippen LogP contribution in [0, 0.1) is 6.92 Å². The van der Waals surface area contributed by atoms with Gasteiger partial charge in [-0.15, -0.1) is 0 Å². The van der Waals surface area contributed by atoms with Gasteiger partial charge in [0, 0.05) is 38.3 Å². The van der Waals surface area contributed by atoms with Crippen LogP contribution in [-0.4, -0.2) is 74.7 Å². The van der Waals surface area contributed by atoms with Crippen molar-refractivity contribution in [3.05, 3.63) is 17.6 Å². The lowest BCUT2D eigenvalue weighted by Crippen LogP contribution is -2.59. The standard InChI is InChI=1S/C15H23N3O4S/c1-11-14(23(20,21)18-6-4-5-7-18)8-13(22-11)15(19)17-9-12(10-17)16(2)3/h8,12H,4-7,9-10H2,1-3H3. The van der Waals surface area contributed by atoms with Gasteiger partial charge in [-0.25, -0.2) is 8.42 Å². The second-order valence-corrected chi connectivity index (χ2v) is 8.38. The van der Waals surface area contributed by atoms with Crippen LogP contribution in [0.4, 0.5) is 0 Å². The Balaban J connectivity index is 1.77. The maximum atomic E-state index is 12.6. The number of likely N-dealkylation sites (N-methyl/N-ethyl adjacent to an activating group) is 1. The van der Waals surface area contributed by atoms with E-state index in [1.165, 1.54) is 10.4 Å². The first-order valence-electron chi connectivity index (χ1n) is 7.87. The van der Waals surface area contributed by atoms with Crippen molar-refractivity contribution in [2.24, 2.45) is 0 Å². The second kappa shape index (κ2) is 5.92. The number of nitrogens with zero attached hydrogens (tertiary/aromatic N) is 3. The van der Waals surface area contributed by atoms with Crippen LogP contribution in [0.25, 0.3) is 0 Å². The first-order chi connectivity index (χ1) is 10.8. The molecular weight excluding hydrogens is 318 g/mol. The molecule has 1 aromatic heterocycles. The zero-order valence-corrected chi connectivity index (χ0v) is 14.6. The largest absolute Gasteiger partial charge is 0.455 e. The van der Waals surface area contributed by atoms with E-state index < -0.39 is 10.0 Å². The van der Waals surface area contributed by atoms with Gasteiger partial charge in [0.25, 0.3) is 5.91 Å². The first kappa shape index (κ1) is 16.5. The molecule has 1 aromatic rings. The van der Waals surface area contributed by atoms with Gasteiger partial charge < -0.3 is 14.2 Å². The van der Waals surface area contributed by atoms with Gasteiger partial charge in [0.15, 0.2) is 5.76 Å². The van der Waals surface area contributed by atoms with Crippen molar-refractivity contribution in [3.8, 4) is 0 Å². The SMILES string of the molecule is Cc1oc(C(=O)N2CC(N(C)C)C2)cc1S(=O)(=O)N1CCCC1. The molecule has 0 atom stereocenters. The zero-order valence-electron chi connectivity index (χ0n) is 13.8. The summed E-state index contributed by atoms with van der Waals surface area (Å²) in [6.45, 7) is 3.94. The second-order valence-electron chi connectivity index (χ2n) is 6.47. The molecule has 0 N–H and O–H groups in total. The van der Waals surface area contributed by atoms with E-state index in [9.17, 15) is 13.2 Å². The third kappa shape index (κ3) is 2.90. The van der Waals surface area contributed by atoms with E-state index in [0.29, 0.717) is 32.2 Å². The smallest absolute Gasteiger partial charge is 0.289 e. The fourth-order valence-corrected chi connectivity index (χ4v) is 4.68. The predicted molar refractivity (Wildman–Crippen MR) is 84.8 cm³/mol. The highest BCUT2D eigenvalue weighted by molar-refractivity contribution is 7.89. The van der Waals surface area contributed by atoms with E-state index in [0.717, 1.165) is 12.8 Å². The minimum atomic E-state index is -3.56. The number of carbonyl (C=O) groups excluding carboxylic acids is 1. The minimum absolute atomic E-state index is 0.109. The minimum Gasteiger partial charge on any atom is -0.455 e. The molecule has 3 rings (SSSR count). The fourth-order valence-electron chi connectivity index (χ4n) is 3.00. The number of furan rings is 1. The average molecular weight is 341 g/mol. The van der Waals surface area contributed by atoms with Crippen molar-refractivity contribution in [1.29, 1.82) is 0 Å². The summed E-state index contributed by atoms with van der Waals surface area (Å²) in [4.78, 5) is 16.3. The number of hydrogen-bond donors (Lipinski definition) is 0. The summed E-state index contributed by atoms with van der Waals surface area (Å²) in [7, 11) is 0.393. The Hall–Kier alpha value is -1.38. The lowest BCUT2D eigenvalue weighted by Gasteiger charge is -2.42. The molecule has 7 nitrogen and oxygen atoms in total. The average Bonchev–Trinajstić information content (AvgIpc) is 3.05. The van der Waals surface area contributed by atoms with Crippen LogP contribution in [0.3, 0.4) is 0 Å². The lowest BCUT2D eigenvalue weighted by atomic mass is 10.1. The van der Waals surface area contributed by atoms with E-state index >= 15 is 0 Å². The number of amides is 1. The first-order valence-corrected chi connectivity index (χ1v) is 9.31. The van der Waals surface area contributed by atoms with Crippen molar-refractivity contribution in [2.75, 3.05) is 40.3 Å². The molecule has 3 heterocycles. The fraction of sp³-hybridized carbons (Fsp3) is 0.667. The molecule has 8 heteroatoms. The molecule has 2 saturated heterocycles. The number of likely N-dealkylation sites (tertiary alicyclic amines) is 1. The summed E-state index contributed by atoms with van der Waals surface area (Å²) in [5, 5.41) is 0. The van der Waals surface area contributed by atoms with Crippen LogP contribution >= 0.6 is 0 Å². The van der Waals surface area contributed by atoms with Crippen LogP contribution in [-0.2, 0) is 10.0 Å². The number of aryl methyl sites for hydroxylation is 1. The topological polar surface area (TPSA) is 74.1 Å². The Morgan fingerprint density at radius 2 is 1.87 bits per heavy atom. The van der Waals surface area contributed by atoms with Gasteiger partial charge in [-0.2, -0.15) is 4.31 Å². The molecule has 23 heavy (non-hydrogen) atoms. The molecule has 0 radical (unpaired) electrons. The van der Waals surface area contributed by atoms with Crippen LogP contribution < -0.4 is 0 Å². The number of sulfonamides is 1. The Morgan fingerprint density at radius 3 is 2.43 bits per heavy atom. The maximum absolute atomic E-state index is 12.6. The van der Waals surface area contributed by atoms with Gasteiger partial charge in [-0.1, -0.05) is 0 Å². The van der Waals surface area contributed by atoms with Crippen molar-refractivity contribution in [3.63, 3.8) is 0 Å². The van der Waals surface area contributed by atoms with Crippen molar-refractivity contribution in [1.82, 2.24) is 14.1 Å². The summed E-state index contributed by atoms with van der Waals surface area (Å²) in [6.07, 6.45) is 1.75. The Morgan fingerprint density at radius 1 is 1.26 bits per heavy atom. The highest BCUT2D eigenvalue weighted by Gasteiger charge is 2.36.